The molecule has 0 spiro atoms. The van der Waals surface area contributed by atoms with E-state index in [1.54, 1.807) is 0 Å². The summed E-state index contributed by atoms with van der Waals surface area (Å²) >= 11 is 0. The van der Waals surface area contributed by atoms with Crippen molar-refractivity contribution in [1.29, 1.82) is 0 Å². The van der Waals surface area contributed by atoms with Crippen molar-refractivity contribution in [2.45, 2.75) is 53.4 Å². The van der Waals surface area contributed by atoms with Gasteiger partial charge in [0.25, 0.3) is 0 Å². The number of rotatable bonds is 3. The topological polar surface area (TPSA) is 12.0 Å². The zero-order valence-corrected chi connectivity index (χ0v) is 11.7. The van der Waals surface area contributed by atoms with E-state index in [2.05, 4.69) is 57.3 Å². The van der Waals surface area contributed by atoms with Gasteiger partial charge in [-0.1, -0.05) is 59.7 Å². The van der Waals surface area contributed by atoms with Crippen molar-refractivity contribution < 1.29 is 0 Å². The van der Waals surface area contributed by atoms with Crippen LogP contribution in [0.15, 0.2) is 24.3 Å². The van der Waals surface area contributed by atoms with Gasteiger partial charge in [0.1, 0.15) is 0 Å². The average molecular weight is 221 g/mol. The normalized spacial score (nSPS) is 10.4. The maximum atomic E-state index is 3.47. The summed E-state index contributed by atoms with van der Waals surface area (Å²) in [6.07, 6.45) is 1.17. The quantitative estimate of drug-likeness (QED) is 0.770. The standard InChI is InChI=1S/C13H21N.C2H6/c1-5-10-14-12-9-7-6-8-11(12)13(2,3)4;1-2/h6-9,14H,5,10H2,1-4H3;1-2H3. The fourth-order valence-corrected chi connectivity index (χ4v) is 1.55. The number of para-hydroxylation sites is 1. The van der Waals surface area contributed by atoms with Crippen LogP contribution in [0.5, 0.6) is 0 Å². The van der Waals surface area contributed by atoms with E-state index in [4.69, 9.17) is 0 Å². The summed E-state index contributed by atoms with van der Waals surface area (Å²) in [6.45, 7) is 14.0. The summed E-state index contributed by atoms with van der Waals surface area (Å²) in [5, 5.41) is 3.47. The van der Waals surface area contributed by atoms with Crippen LogP contribution in [0.4, 0.5) is 5.69 Å². The van der Waals surface area contributed by atoms with Crippen molar-refractivity contribution in [3.63, 3.8) is 0 Å². The monoisotopic (exact) mass is 221 g/mol. The summed E-state index contributed by atoms with van der Waals surface area (Å²) in [6, 6.07) is 8.57. The van der Waals surface area contributed by atoms with Gasteiger partial charge in [0.15, 0.2) is 0 Å². The summed E-state index contributed by atoms with van der Waals surface area (Å²) < 4.78 is 0. The Balaban J connectivity index is 0.00000106. The van der Waals surface area contributed by atoms with E-state index in [1.807, 2.05) is 13.8 Å². The van der Waals surface area contributed by atoms with Crippen LogP contribution in [0.2, 0.25) is 0 Å². The van der Waals surface area contributed by atoms with Crippen molar-refractivity contribution in [2.24, 2.45) is 0 Å². The Morgan fingerprint density at radius 3 is 2.12 bits per heavy atom. The molecule has 1 N–H and O–H groups in total. The van der Waals surface area contributed by atoms with Crippen molar-refractivity contribution in [3.05, 3.63) is 29.8 Å². The molecular weight excluding hydrogens is 194 g/mol. The Kier molecular flexibility index (Phi) is 6.87. The van der Waals surface area contributed by atoms with Gasteiger partial charge < -0.3 is 5.32 Å². The lowest BCUT2D eigenvalue weighted by atomic mass is 9.86. The summed E-state index contributed by atoms with van der Waals surface area (Å²) in [4.78, 5) is 0. The van der Waals surface area contributed by atoms with Gasteiger partial charge in [0.05, 0.1) is 0 Å². The van der Waals surface area contributed by atoms with Crippen molar-refractivity contribution in [3.8, 4) is 0 Å². The largest absolute Gasteiger partial charge is 0.385 e. The van der Waals surface area contributed by atoms with E-state index >= 15 is 0 Å². The lowest BCUT2D eigenvalue weighted by Gasteiger charge is -2.23. The average Bonchev–Trinajstić information content (AvgIpc) is 2.28. The van der Waals surface area contributed by atoms with Gasteiger partial charge in [-0.2, -0.15) is 0 Å². The van der Waals surface area contributed by atoms with Gasteiger partial charge in [-0.3, -0.25) is 0 Å². The first-order valence-electron chi connectivity index (χ1n) is 6.39. The zero-order valence-electron chi connectivity index (χ0n) is 11.7. The van der Waals surface area contributed by atoms with Crippen LogP contribution in [0, 0.1) is 0 Å². The molecule has 0 aromatic heterocycles. The van der Waals surface area contributed by atoms with E-state index in [1.165, 1.54) is 17.7 Å². The molecule has 1 rings (SSSR count). The van der Waals surface area contributed by atoms with Crippen LogP contribution < -0.4 is 5.32 Å². The highest BCUT2D eigenvalue weighted by molar-refractivity contribution is 5.53. The number of anilines is 1. The third-order valence-electron chi connectivity index (χ3n) is 2.30. The first-order chi connectivity index (χ1) is 7.55. The van der Waals surface area contributed by atoms with Gasteiger partial charge in [0.2, 0.25) is 0 Å². The molecule has 1 aromatic rings. The highest BCUT2D eigenvalue weighted by atomic mass is 14.9. The maximum Gasteiger partial charge on any atom is 0.0378 e. The molecule has 1 aromatic carbocycles. The fraction of sp³-hybridized carbons (Fsp3) is 0.600. The number of benzene rings is 1. The highest BCUT2D eigenvalue weighted by Gasteiger charge is 2.16. The molecule has 0 bridgehead atoms. The number of nitrogens with one attached hydrogen (secondary N) is 1. The van der Waals surface area contributed by atoms with E-state index in [0.29, 0.717) is 0 Å². The first-order valence-corrected chi connectivity index (χ1v) is 6.39. The molecule has 0 unspecified atom stereocenters. The fourth-order valence-electron chi connectivity index (χ4n) is 1.55. The van der Waals surface area contributed by atoms with Crippen LogP contribution in [-0.2, 0) is 5.41 Å². The third kappa shape index (κ3) is 4.69. The van der Waals surface area contributed by atoms with Crippen LogP contribution in [0.1, 0.15) is 53.5 Å². The molecule has 0 saturated heterocycles. The van der Waals surface area contributed by atoms with Crippen molar-refractivity contribution in [1.82, 2.24) is 0 Å². The molecule has 0 atom stereocenters. The SMILES string of the molecule is CC.CCCNc1ccccc1C(C)(C)C. The molecule has 16 heavy (non-hydrogen) atoms. The molecule has 1 nitrogen and oxygen atoms in total. The van der Waals surface area contributed by atoms with Gasteiger partial charge >= 0.3 is 0 Å². The Labute approximate surface area is 101 Å². The van der Waals surface area contributed by atoms with Crippen LogP contribution >= 0.6 is 0 Å². The Bertz CT molecular complexity index is 284. The minimum absolute atomic E-state index is 0.220. The third-order valence-corrected chi connectivity index (χ3v) is 2.30. The second-order valence-corrected chi connectivity index (χ2v) is 4.72. The maximum absolute atomic E-state index is 3.47. The molecule has 0 amide bonds. The van der Waals surface area contributed by atoms with Crippen LogP contribution in [0.25, 0.3) is 0 Å². The second kappa shape index (κ2) is 7.32. The molecule has 1 heteroatoms. The van der Waals surface area contributed by atoms with Gasteiger partial charge in [-0.15, -0.1) is 0 Å². The molecule has 0 radical (unpaired) electrons. The molecule has 0 saturated carbocycles. The predicted octanol–water partition coefficient (Wildman–Crippen LogP) is 4.83. The van der Waals surface area contributed by atoms with E-state index in [0.717, 1.165) is 6.54 Å². The second-order valence-electron chi connectivity index (χ2n) is 4.72. The van der Waals surface area contributed by atoms with Crippen LogP contribution in [0.3, 0.4) is 0 Å². The van der Waals surface area contributed by atoms with E-state index in [-0.39, 0.29) is 5.41 Å². The first kappa shape index (κ1) is 15.0. The van der Waals surface area contributed by atoms with E-state index in [9.17, 15) is 0 Å². The summed E-state index contributed by atoms with van der Waals surface area (Å²) in [5.74, 6) is 0. The minimum Gasteiger partial charge on any atom is -0.385 e. The van der Waals surface area contributed by atoms with E-state index < -0.39 is 0 Å². The lowest BCUT2D eigenvalue weighted by molar-refractivity contribution is 0.591. The summed E-state index contributed by atoms with van der Waals surface area (Å²) in [5.41, 5.74) is 2.90. The molecule has 0 fully saturated rings. The predicted molar refractivity (Wildman–Crippen MR) is 75.3 cm³/mol. The van der Waals surface area contributed by atoms with Gasteiger partial charge in [0, 0.05) is 12.2 Å². The van der Waals surface area contributed by atoms with Crippen molar-refractivity contribution in [2.75, 3.05) is 11.9 Å². The van der Waals surface area contributed by atoms with Crippen LogP contribution in [-0.4, -0.2) is 6.54 Å². The molecular formula is C15H27N. The van der Waals surface area contributed by atoms with Gasteiger partial charge in [-0.25, -0.2) is 0 Å². The number of hydrogen-bond donors (Lipinski definition) is 1. The molecule has 0 aliphatic carbocycles. The Morgan fingerprint density at radius 1 is 1.06 bits per heavy atom. The molecule has 0 aliphatic heterocycles. The van der Waals surface area contributed by atoms with Gasteiger partial charge in [-0.05, 0) is 23.5 Å². The van der Waals surface area contributed by atoms with Crippen molar-refractivity contribution >= 4 is 5.69 Å². The molecule has 0 heterocycles. The smallest absolute Gasteiger partial charge is 0.0378 e. The zero-order chi connectivity index (χ0) is 12.6. The molecule has 0 aliphatic rings. The summed E-state index contributed by atoms with van der Waals surface area (Å²) in [7, 11) is 0. The minimum atomic E-state index is 0.220. The highest BCUT2D eigenvalue weighted by Crippen LogP contribution is 2.28. The molecule has 92 valence electrons. The lowest BCUT2D eigenvalue weighted by Crippen LogP contribution is -2.15. The Morgan fingerprint density at radius 2 is 1.62 bits per heavy atom. The Hall–Kier alpha value is -0.980. The number of hydrogen-bond acceptors (Lipinski definition) is 1.